The van der Waals surface area contributed by atoms with Crippen LogP contribution >= 0.6 is 0 Å². The largest absolute Gasteiger partial charge is 0.340 e. The average molecular weight is 298 g/mol. The lowest BCUT2D eigenvalue weighted by atomic mass is 10.0. The molecule has 22 heavy (non-hydrogen) atoms. The Morgan fingerprint density at radius 1 is 1.23 bits per heavy atom. The van der Waals surface area contributed by atoms with E-state index < -0.39 is 0 Å². The standard InChI is InChI=1S/C17H22N4O/c1-14(22)20-10-11-21(12-16-8-9-19(2)18-16)17(13-20)15-6-4-3-5-7-15/h3-9,17H,10-13H2,1-2H3/t17-/m0/s1. The molecule has 1 aromatic carbocycles. The summed E-state index contributed by atoms with van der Waals surface area (Å²) in [5.74, 6) is 0.151. The number of nitrogens with zero attached hydrogens (tertiary/aromatic N) is 4. The molecule has 3 rings (SSSR count). The van der Waals surface area contributed by atoms with Crippen LogP contribution in [0.4, 0.5) is 0 Å². The average Bonchev–Trinajstić information content (AvgIpc) is 2.93. The lowest BCUT2D eigenvalue weighted by Gasteiger charge is -2.41. The highest BCUT2D eigenvalue weighted by atomic mass is 16.2. The van der Waals surface area contributed by atoms with Crippen molar-refractivity contribution in [3.05, 3.63) is 53.9 Å². The first-order valence-electron chi connectivity index (χ1n) is 7.66. The fourth-order valence-corrected chi connectivity index (χ4v) is 3.04. The van der Waals surface area contributed by atoms with Gasteiger partial charge in [-0.05, 0) is 11.6 Å². The van der Waals surface area contributed by atoms with E-state index in [4.69, 9.17) is 0 Å². The van der Waals surface area contributed by atoms with Crippen LogP contribution in [0.5, 0.6) is 0 Å². The summed E-state index contributed by atoms with van der Waals surface area (Å²) in [6, 6.07) is 12.7. The zero-order valence-corrected chi connectivity index (χ0v) is 13.1. The third-order valence-corrected chi connectivity index (χ3v) is 4.25. The minimum absolute atomic E-state index is 0.151. The van der Waals surface area contributed by atoms with Crippen molar-refractivity contribution in [2.75, 3.05) is 19.6 Å². The Hall–Kier alpha value is -2.14. The highest BCUT2D eigenvalue weighted by Gasteiger charge is 2.29. The van der Waals surface area contributed by atoms with Gasteiger partial charge in [-0.1, -0.05) is 30.3 Å². The molecule has 0 radical (unpaired) electrons. The van der Waals surface area contributed by atoms with Crippen molar-refractivity contribution in [2.45, 2.75) is 19.5 Å². The monoisotopic (exact) mass is 298 g/mol. The van der Waals surface area contributed by atoms with Crippen LogP contribution in [-0.4, -0.2) is 45.1 Å². The predicted molar refractivity (Wildman–Crippen MR) is 85.1 cm³/mol. The van der Waals surface area contributed by atoms with E-state index in [1.807, 2.05) is 28.9 Å². The summed E-state index contributed by atoms with van der Waals surface area (Å²) in [5.41, 5.74) is 2.32. The summed E-state index contributed by atoms with van der Waals surface area (Å²) in [6.45, 7) is 4.86. The Morgan fingerprint density at radius 2 is 2.00 bits per heavy atom. The molecule has 1 saturated heterocycles. The molecular formula is C17H22N4O. The van der Waals surface area contributed by atoms with Gasteiger partial charge in [0.15, 0.2) is 0 Å². The van der Waals surface area contributed by atoms with E-state index in [-0.39, 0.29) is 11.9 Å². The normalized spacial score (nSPS) is 19.4. The number of carbonyl (C=O) groups is 1. The lowest BCUT2D eigenvalue weighted by molar-refractivity contribution is -0.132. The number of rotatable bonds is 3. The Kier molecular flexibility index (Phi) is 4.24. The highest BCUT2D eigenvalue weighted by molar-refractivity contribution is 5.73. The molecule has 1 atom stereocenters. The predicted octanol–water partition coefficient (Wildman–Crippen LogP) is 1.83. The molecule has 1 aliphatic rings. The summed E-state index contributed by atoms with van der Waals surface area (Å²) >= 11 is 0. The van der Waals surface area contributed by atoms with Gasteiger partial charge in [0.1, 0.15) is 0 Å². The molecule has 2 aromatic rings. The Balaban J connectivity index is 1.82. The maximum atomic E-state index is 11.7. The number of hydrogen-bond acceptors (Lipinski definition) is 3. The fourth-order valence-electron chi connectivity index (χ4n) is 3.04. The molecule has 0 bridgehead atoms. The third-order valence-electron chi connectivity index (χ3n) is 4.25. The maximum absolute atomic E-state index is 11.7. The topological polar surface area (TPSA) is 41.4 Å². The SMILES string of the molecule is CC(=O)N1CCN(Cc2ccn(C)n2)[C@H](c2ccccc2)C1. The van der Waals surface area contributed by atoms with Crippen molar-refractivity contribution < 1.29 is 4.79 Å². The first-order chi connectivity index (χ1) is 10.6. The number of aryl methyl sites for hydroxylation is 1. The van der Waals surface area contributed by atoms with Gasteiger partial charge in [-0.3, -0.25) is 14.4 Å². The summed E-state index contributed by atoms with van der Waals surface area (Å²) in [4.78, 5) is 16.1. The van der Waals surface area contributed by atoms with Crippen LogP contribution in [0.15, 0.2) is 42.6 Å². The first kappa shape index (κ1) is 14.8. The molecular weight excluding hydrogens is 276 g/mol. The van der Waals surface area contributed by atoms with Crippen LogP contribution in [0.2, 0.25) is 0 Å². The van der Waals surface area contributed by atoms with Crippen molar-refractivity contribution in [2.24, 2.45) is 7.05 Å². The summed E-state index contributed by atoms with van der Waals surface area (Å²) < 4.78 is 1.83. The van der Waals surface area contributed by atoms with Gasteiger partial charge in [-0.25, -0.2) is 0 Å². The van der Waals surface area contributed by atoms with E-state index in [0.717, 1.165) is 31.9 Å². The zero-order chi connectivity index (χ0) is 15.5. The maximum Gasteiger partial charge on any atom is 0.219 e. The van der Waals surface area contributed by atoms with Gasteiger partial charge >= 0.3 is 0 Å². The molecule has 0 N–H and O–H groups in total. The molecule has 1 fully saturated rings. The molecule has 0 aliphatic carbocycles. The van der Waals surface area contributed by atoms with Crippen molar-refractivity contribution in [3.63, 3.8) is 0 Å². The highest BCUT2D eigenvalue weighted by Crippen LogP contribution is 2.26. The van der Waals surface area contributed by atoms with E-state index >= 15 is 0 Å². The molecule has 0 saturated carbocycles. The van der Waals surface area contributed by atoms with Crippen LogP contribution in [0, 0.1) is 0 Å². The van der Waals surface area contributed by atoms with Crippen LogP contribution in [0.25, 0.3) is 0 Å². The number of hydrogen-bond donors (Lipinski definition) is 0. The second-order valence-corrected chi connectivity index (χ2v) is 5.84. The van der Waals surface area contributed by atoms with Gasteiger partial charge in [0.25, 0.3) is 0 Å². The summed E-state index contributed by atoms with van der Waals surface area (Å²) in [6.07, 6.45) is 1.97. The molecule has 0 spiro atoms. The zero-order valence-electron chi connectivity index (χ0n) is 13.1. The van der Waals surface area contributed by atoms with Gasteiger partial charge in [-0.15, -0.1) is 0 Å². The Morgan fingerprint density at radius 3 is 2.64 bits per heavy atom. The fraction of sp³-hybridized carbons (Fsp3) is 0.412. The number of aromatic nitrogens is 2. The molecule has 5 nitrogen and oxygen atoms in total. The minimum atomic E-state index is 0.151. The van der Waals surface area contributed by atoms with Crippen molar-refractivity contribution in [1.82, 2.24) is 19.6 Å². The molecule has 5 heteroatoms. The Labute approximate surface area is 131 Å². The number of amides is 1. The van der Waals surface area contributed by atoms with E-state index in [1.165, 1.54) is 5.56 Å². The molecule has 1 aromatic heterocycles. The second-order valence-electron chi connectivity index (χ2n) is 5.84. The number of benzene rings is 1. The van der Waals surface area contributed by atoms with Gasteiger partial charge in [-0.2, -0.15) is 5.10 Å². The van der Waals surface area contributed by atoms with Crippen LogP contribution < -0.4 is 0 Å². The smallest absolute Gasteiger partial charge is 0.219 e. The van der Waals surface area contributed by atoms with E-state index in [2.05, 4.69) is 40.3 Å². The second kappa shape index (κ2) is 6.32. The van der Waals surface area contributed by atoms with E-state index in [0.29, 0.717) is 0 Å². The van der Waals surface area contributed by atoms with Gasteiger partial charge in [0, 0.05) is 46.3 Å². The molecule has 2 heterocycles. The first-order valence-corrected chi connectivity index (χ1v) is 7.66. The van der Waals surface area contributed by atoms with Crippen molar-refractivity contribution >= 4 is 5.91 Å². The third kappa shape index (κ3) is 3.20. The number of carbonyl (C=O) groups excluding carboxylic acids is 1. The number of piperazine rings is 1. The van der Waals surface area contributed by atoms with Gasteiger partial charge in [0.05, 0.1) is 11.7 Å². The molecule has 1 amide bonds. The van der Waals surface area contributed by atoms with Gasteiger partial charge < -0.3 is 4.90 Å². The van der Waals surface area contributed by atoms with Crippen molar-refractivity contribution in [3.8, 4) is 0 Å². The quantitative estimate of drug-likeness (QED) is 0.868. The molecule has 0 unspecified atom stereocenters. The van der Waals surface area contributed by atoms with E-state index in [1.54, 1.807) is 6.92 Å². The van der Waals surface area contributed by atoms with Crippen LogP contribution in [0.1, 0.15) is 24.2 Å². The van der Waals surface area contributed by atoms with Crippen LogP contribution in [0.3, 0.4) is 0 Å². The summed E-state index contributed by atoms with van der Waals surface area (Å²) in [5, 5.41) is 4.48. The Bertz CT molecular complexity index is 637. The molecule has 1 aliphatic heterocycles. The van der Waals surface area contributed by atoms with Crippen LogP contribution in [-0.2, 0) is 18.4 Å². The summed E-state index contributed by atoms with van der Waals surface area (Å²) in [7, 11) is 1.94. The van der Waals surface area contributed by atoms with E-state index in [9.17, 15) is 4.79 Å². The van der Waals surface area contributed by atoms with Crippen molar-refractivity contribution in [1.29, 1.82) is 0 Å². The molecule has 116 valence electrons. The minimum Gasteiger partial charge on any atom is -0.340 e. The van der Waals surface area contributed by atoms with Gasteiger partial charge in [0.2, 0.25) is 5.91 Å². The lowest BCUT2D eigenvalue weighted by Crippen LogP contribution is -2.49.